The van der Waals surface area contributed by atoms with Crippen molar-refractivity contribution in [1.29, 1.82) is 5.26 Å². The quantitative estimate of drug-likeness (QED) is 0.809. The molecule has 0 unspecified atom stereocenters. The fraction of sp³-hybridized carbons (Fsp3) is 0.350. The molecule has 1 fully saturated rings. The van der Waals surface area contributed by atoms with Gasteiger partial charge in [0.15, 0.2) is 0 Å². The van der Waals surface area contributed by atoms with Crippen LogP contribution in [0.3, 0.4) is 0 Å². The summed E-state index contributed by atoms with van der Waals surface area (Å²) >= 11 is 6.22. The van der Waals surface area contributed by atoms with Crippen molar-refractivity contribution in [2.75, 3.05) is 0 Å². The van der Waals surface area contributed by atoms with Crippen LogP contribution in [0.25, 0.3) is 11.1 Å². The topological polar surface area (TPSA) is 90.2 Å². The summed E-state index contributed by atoms with van der Waals surface area (Å²) in [5.74, 6) is 0. The molecule has 0 saturated heterocycles. The maximum absolute atomic E-state index is 12.6. The minimum absolute atomic E-state index is 0.164. The fourth-order valence-electron chi connectivity index (χ4n) is 3.28. The molecule has 0 aliphatic heterocycles. The second kappa shape index (κ2) is 7.61. The Hall–Kier alpha value is -1.91. The molecule has 142 valence electrons. The highest BCUT2D eigenvalue weighted by Gasteiger charge is 2.31. The lowest BCUT2D eigenvalue weighted by Crippen LogP contribution is -2.42. The average molecular weight is 405 g/mol. The Bertz CT molecular complexity index is 969. The third kappa shape index (κ3) is 4.69. The zero-order valence-corrected chi connectivity index (χ0v) is 16.5. The van der Waals surface area contributed by atoms with Crippen LogP contribution in [0, 0.1) is 11.3 Å². The Kier molecular flexibility index (Phi) is 5.59. The number of benzene rings is 2. The number of rotatable bonds is 4. The van der Waals surface area contributed by atoms with Crippen LogP contribution < -0.4 is 4.72 Å². The number of nitrogens with zero attached hydrogens (tertiary/aromatic N) is 1. The van der Waals surface area contributed by atoms with Crippen molar-refractivity contribution in [3.63, 3.8) is 0 Å². The molecule has 27 heavy (non-hydrogen) atoms. The summed E-state index contributed by atoms with van der Waals surface area (Å²) in [5, 5.41) is 19.4. The minimum Gasteiger partial charge on any atom is -0.390 e. The first-order chi connectivity index (χ1) is 12.7. The Morgan fingerprint density at radius 3 is 2.37 bits per heavy atom. The summed E-state index contributed by atoms with van der Waals surface area (Å²) in [6.07, 6.45) is 2.39. The van der Waals surface area contributed by atoms with Gasteiger partial charge in [-0.3, -0.25) is 0 Å². The molecule has 0 heterocycles. The van der Waals surface area contributed by atoms with Crippen LogP contribution in [0.4, 0.5) is 0 Å². The second-order valence-corrected chi connectivity index (χ2v) is 9.34. The number of nitrogens with one attached hydrogen (secondary N) is 1. The van der Waals surface area contributed by atoms with Gasteiger partial charge in [0.05, 0.1) is 22.1 Å². The van der Waals surface area contributed by atoms with E-state index in [1.807, 2.05) is 6.07 Å². The van der Waals surface area contributed by atoms with Gasteiger partial charge in [-0.2, -0.15) is 5.26 Å². The predicted molar refractivity (Wildman–Crippen MR) is 105 cm³/mol. The maximum Gasteiger partial charge on any atom is 0.240 e. The van der Waals surface area contributed by atoms with Crippen LogP contribution >= 0.6 is 11.6 Å². The van der Waals surface area contributed by atoms with Gasteiger partial charge in [0.2, 0.25) is 10.0 Å². The predicted octanol–water partition coefficient (Wildman–Crippen LogP) is 3.85. The van der Waals surface area contributed by atoms with Crippen LogP contribution in [0.2, 0.25) is 5.02 Å². The van der Waals surface area contributed by atoms with Gasteiger partial charge in [-0.25, -0.2) is 13.1 Å². The molecule has 3 rings (SSSR count). The molecule has 2 aromatic rings. The van der Waals surface area contributed by atoms with Gasteiger partial charge in [0, 0.05) is 16.6 Å². The second-order valence-electron chi connectivity index (χ2n) is 7.22. The van der Waals surface area contributed by atoms with Crippen molar-refractivity contribution in [3.8, 4) is 17.2 Å². The Balaban J connectivity index is 1.76. The third-order valence-corrected chi connectivity index (χ3v) is 6.81. The molecule has 1 aliphatic carbocycles. The van der Waals surface area contributed by atoms with Crippen molar-refractivity contribution in [3.05, 3.63) is 53.1 Å². The summed E-state index contributed by atoms with van der Waals surface area (Å²) in [6.45, 7) is 1.78. The molecule has 0 atom stereocenters. The molecule has 0 radical (unpaired) electrons. The van der Waals surface area contributed by atoms with Crippen molar-refractivity contribution in [1.82, 2.24) is 4.72 Å². The van der Waals surface area contributed by atoms with Crippen molar-refractivity contribution in [2.24, 2.45) is 0 Å². The highest BCUT2D eigenvalue weighted by atomic mass is 35.5. The number of hydrogen-bond donors (Lipinski definition) is 2. The summed E-state index contributed by atoms with van der Waals surface area (Å²) < 4.78 is 28.0. The van der Waals surface area contributed by atoms with E-state index in [0.29, 0.717) is 36.3 Å². The normalized spacial score (nSPS) is 23.0. The average Bonchev–Trinajstić information content (AvgIpc) is 2.63. The molecule has 1 saturated carbocycles. The first-order valence-electron chi connectivity index (χ1n) is 8.75. The van der Waals surface area contributed by atoms with Crippen LogP contribution in [-0.4, -0.2) is 25.2 Å². The van der Waals surface area contributed by atoms with E-state index in [4.69, 9.17) is 16.9 Å². The number of aliphatic hydroxyl groups is 1. The smallest absolute Gasteiger partial charge is 0.240 e. The van der Waals surface area contributed by atoms with E-state index in [9.17, 15) is 13.5 Å². The summed E-state index contributed by atoms with van der Waals surface area (Å²) in [7, 11) is -3.62. The molecule has 0 amide bonds. The monoisotopic (exact) mass is 404 g/mol. The first-order valence-corrected chi connectivity index (χ1v) is 10.6. The standard InChI is InChI=1S/C20H21ClN2O3S/c1-20(24)10-8-16(9-11-20)23-27(25,26)17-5-3-15(4-6-17)18-7-2-14(13-22)12-19(18)21/h2-7,12,16,23-24H,8-11H2,1H3/t16-,20-. The molecule has 1 aliphatic rings. The Morgan fingerprint density at radius 2 is 1.81 bits per heavy atom. The minimum atomic E-state index is -3.62. The molecular formula is C20H21ClN2O3S. The van der Waals surface area contributed by atoms with Crippen LogP contribution in [0.1, 0.15) is 38.2 Å². The van der Waals surface area contributed by atoms with Gasteiger partial charge in [-0.05, 0) is 62.4 Å². The molecule has 0 bridgehead atoms. The van der Waals surface area contributed by atoms with Gasteiger partial charge in [-0.1, -0.05) is 29.8 Å². The summed E-state index contributed by atoms with van der Waals surface area (Å²) in [6, 6.07) is 13.4. The van der Waals surface area contributed by atoms with Crippen molar-refractivity contribution in [2.45, 2.75) is 49.1 Å². The molecule has 0 spiro atoms. The molecule has 2 N–H and O–H groups in total. The van der Waals surface area contributed by atoms with Crippen LogP contribution in [0.15, 0.2) is 47.4 Å². The fourth-order valence-corrected chi connectivity index (χ4v) is 4.87. The largest absolute Gasteiger partial charge is 0.390 e. The van der Waals surface area contributed by atoms with Crippen LogP contribution in [-0.2, 0) is 10.0 Å². The first kappa shape index (κ1) is 19.8. The van der Waals surface area contributed by atoms with E-state index in [1.54, 1.807) is 49.4 Å². The summed E-state index contributed by atoms with van der Waals surface area (Å²) in [5.41, 5.74) is 1.28. The van der Waals surface area contributed by atoms with E-state index in [2.05, 4.69) is 4.72 Å². The van der Waals surface area contributed by atoms with Gasteiger partial charge in [0.25, 0.3) is 0 Å². The lowest BCUT2D eigenvalue weighted by Gasteiger charge is -2.33. The van der Waals surface area contributed by atoms with Gasteiger partial charge < -0.3 is 5.11 Å². The molecule has 5 nitrogen and oxygen atoms in total. The van der Waals surface area contributed by atoms with E-state index >= 15 is 0 Å². The lowest BCUT2D eigenvalue weighted by atomic mass is 9.84. The number of hydrogen-bond acceptors (Lipinski definition) is 4. The molecule has 0 aromatic heterocycles. The molecule has 7 heteroatoms. The zero-order chi connectivity index (χ0) is 19.7. The van der Waals surface area contributed by atoms with Crippen molar-refractivity contribution >= 4 is 21.6 Å². The van der Waals surface area contributed by atoms with Gasteiger partial charge in [-0.15, -0.1) is 0 Å². The van der Waals surface area contributed by atoms with Gasteiger partial charge >= 0.3 is 0 Å². The SMILES string of the molecule is C[C@]1(O)CC[C@H](NS(=O)(=O)c2ccc(-c3ccc(C#N)cc3Cl)cc2)CC1. The molecular weight excluding hydrogens is 384 g/mol. The number of sulfonamides is 1. The number of nitriles is 1. The van der Waals surface area contributed by atoms with Crippen molar-refractivity contribution < 1.29 is 13.5 Å². The van der Waals surface area contributed by atoms with Gasteiger partial charge in [0.1, 0.15) is 0 Å². The molecule has 2 aromatic carbocycles. The van der Waals surface area contributed by atoms with E-state index in [1.165, 1.54) is 0 Å². The maximum atomic E-state index is 12.6. The third-order valence-electron chi connectivity index (χ3n) is 4.96. The van der Waals surface area contributed by atoms with E-state index in [-0.39, 0.29) is 10.9 Å². The highest BCUT2D eigenvalue weighted by molar-refractivity contribution is 7.89. The van der Waals surface area contributed by atoms with E-state index in [0.717, 1.165) is 11.1 Å². The highest BCUT2D eigenvalue weighted by Crippen LogP contribution is 2.31. The number of halogens is 1. The Morgan fingerprint density at radius 1 is 1.19 bits per heavy atom. The summed E-state index contributed by atoms with van der Waals surface area (Å²) in [4.78, 5) is 0.188. The Labute approximate surface area is 164 Å². The van der Waals surface area contributed by atoms with Crippen LogP contribution in [0.5, 0.6) is 0 Å². The zero-order valence-electron chi connectivity index (χ0n) is 14.9. The lowest BCUT2D eigenvalue weighted by molar-refractivity contribution is 0.0163. The van der Waals surface area contributed by atoms with E-state index < -0.39 is 15.6 Å².